The highest BCUT2D eigenvalue weighted by molar-refractivity contribution is 5.94. The summed E-state index contributed by atoms with van der Waals surface area (Å²) in [5, 5.41) is 9.12. The lowest BCUT2D eigenvalue weighted by Crippen LogP contribution is -2.46. The molecule has 0 bridgehead atoms. The number of amides is 1. The van der Waals surface area contributed by atoms with Gasteiger partial charge in [0.1, 0.15) is 11.3 Å². The largest absolute Gasteiger partial charge is 0.454 e. The van der Waals surface area contributed by atoms with E-state index in [1.807, 2.05) is 71.6 Å². The number of rotatable bonds is 3. The van der Waals surface area contributed by atoms with Crippen molar-refractivity contribution in [1.82, 2.24) is 24.8 Å². The SMILES string of the molecule is O=C(c1ccc(-c2ccc3ncc(-c4cc5ccccc5o4)n3n2)cc1)N1CCNCC1. The van der Waals surface area contributed by atoms with Gasteiger partial charge in [-0.05, 0) is 36.4 Å². The first-order chi connectivity index (χ1) is 15.8. The molecule has 158 valence electrons. The molecule has 6 rings (SSSR count). The summed E-state index contributed by atoms with van der Waals surface area (Å²) in [6, 6.07) is 21.4. The van der Waals surface area contributed by atoms with Crippen molar-refractivity contribution in [3.8, 4) is 22.7 Å². The molecule has 5 aromatic rings. The third-order valence-electron chi connectivity index (χ3n) is 5.87. The zero-order chi connectivity index (χ0) is 21.5. The predicted octanol–water partition coefficient (Wildman–Crippen LogP) is 3.85. The van der Waals surface area contributed by atoms with Gasteiger partial charge in [-0.15, -0.1) is 0 Å². The molecule has 1 aliphatic rings. The number of carbonyl (C=O) groups is 1. The van der Waals surface area contributed by atoms with Gasteiger partial charge in [0.05, 0.1) is 11.9 Å². The van der Waals surface area contributed by atoms with E-state index in [-0.39, 0.29) is 5.91 Å². The first-order valence-corrected chi connectivity index (χ1v) is 10.7. The first-order valence-electron chi connectivity index (χ1n) is 10.7. The molecule has 2 aromatic carbocycles. The van der Waals surface area contributed by atoms with Crippen molar-refractivity contribution in [2.45, 2.75) is 0 Å². The van der Waals surface area contributed by atoms with Crippen LogP contribution in [0.5, 0.6) is 0 Å². The van der Waals surface area contributed by atoms with Crippen molar-refractivity contribution < 1.29 is 9.21 Å². The minimum Gasteiger partial charge on any atom is -0.454 e. The highest BCUT2D eigenvalue weighted by Crippen LogP contribution is 2.28. The fourth-order valence-electron chi connectivity index (χ4n) is 4.14. The molecule has 0 spiro atoms. The molecule has 0 saturated carbocycles. The second kappa shape index (κ2) is 7.62. The Kier molecular flexibility index (Phi) is 4.47. The van der Waals surface area contributed by atoms with Crippen LogP contribution >= 0.6 is 0 Å². The number of nitrogens with zero attached hydrogens (tertiary/aromatic N) is 4. The summed E-state index contributed by atoms with van der Waals surface area (Å²) in [4.78, 5) is 19.1. The van der Waals surface area contributed by atoms with Crippen molar-refractivity contribution in [2.75, 3.05) is 26.2 Å². The molecule has 1 saturated heterocycles. The number of imidazole rings is 1. The van der Waals surface area contributed by atoms with Gasteiger partial charge in [0.2, 0.25) is 0 Å². The van der Waals surface area contributed by atoms with Crippen LogP contribution < -0.4 is 5.32 Å². The summed E-state index contributed by atoms with van der Waals surface area (Å²) in [5.41, 5.74) is 4.81. The summed E-state index contributed by atoms with van der Waals surface area (Å²) < 4.78 is 7.82. The van der Waals surface area contributed by atoms with E-state index in [1.54, 1.807) is 10.7 Å². The Balaban J connectivity index is 1.33. The van der Waals surface area contributed by atoms with Crippen LogP contribution in [0.2, 0.25) is 0 Å². The molecule has 1 amide bonds. The number of hydrogen-bond donors (Lipinski definition) is 1. The number of benzene rings is 2. The summed E-state index contributed by atoms with van der Waals surface area (Å²) in [6.07, 6.45) is 1.78. The number of fused-ring (bicyclic) bond motifs is 2. The highest BCUT2D eigenvalue weighted by Gasteiger charge is 2.18. The van der Waals surface area contributed by atoms with Crippen molar-refractivity contribution >= 4 is 22.5 Å². The maximum Gasteiger partial charge on any atom is 0.253 e. The molecule has 0 atom stereocenters. The van der Waals surface area contributed by atoms with Gasteiger partial charge in [0.25, 0.3) is 5.91 Å². The van der Waals surface area contributed by atoms with Gasteiger partial charge >= 0.3 is 0 Å². The topological polar surface area (TPSA) is 75.7 Å². The number of aromatic nitrogens is 3. The monoisotopic (exact) mass is 423 g/mol. The number of piperazine rings is 1. The lowest BCUT2D eigenvalue weighted by atomic mass is 10.1. The molecule has 1 fully saturated rings. The Morgan fingerprint density at radius 3 is 2.59 bits per heavy atom. The number of para-hydroxylation sites is 1. The van der Waals surface area contributed by atoms with Gasteiger partial charge in [-0.25, -0.2) is 9.50 Å². The molecular weight excluding hydrogens is 402 g/mol. The van der Waals surface area contributed by atoms with Crippen molar-refractivity contribution in [3.05, 3.63) is 78.5 Å². The molecule has 1 aliphatic heterocycles. The second-order valence-corrected chi connectivity index (χ2v) is 7.90. The van der Waals surface area contributed by atoms with Crippen LogP contribution in [-0.2, 0) is 0 Å². The summed E-state index contributed by atoms with van der Waals surface area (Å²) >= 11 is 0. The highest BCUT2D eigenvalue weighted by atomic mass is 16.3. The minimum atomic E-state index is 0.0724. The normalized spacial score (nSPS) is 14.3. The molecule has 32 heavy (non-hydrogen) atoms. The van der Waals surface area contributed by atoms with Crippen LogP contribution in [0.3, 0.4) is 0 Å². The third-order valence-corrected chi connectivity index (χ3v) is 5.87. The first kappa shape index (κ1) is 18.8. The van der Waals surface area contributed by atoms with E-state index in [0.717, 1.165) is 65.5 Å². The van der Waals surface area contributed by atoms with E-state index in [9.17, 15) is 4.79 Å². The molecule has 7 heteroatoms. The average molecular weight is 423 g/mol. The van der Waals surface area contributed by atoms with E-state index < -0.39 is 0 Å². The molecular formula is C25H21N5O2. The van der Waals surface area contributed by atoms with Gasteiger partial charge in [-0.2, -0.15) is 5.10 Å². The standard InChI is InChI=1S/C25H21N5O2/c31-25(29-13-11-26-12-14-29)18-7-5-17(6-8-18)20-9-10-24-27-16-21(30(24)28-20)23-15-19-3-1-2-4-22(19)32-23/h1-10,15-16,26H,11-14H2. The number of nitrogens with one attached hydrogen (secondary N) is 1. The molecule has 0 radical (unpaired) electrons. The van der Waals surface area contributed by atoms with Crippen molar-refractivity contribution in [2.24, 2.45) is 0 Å². The minimum absolute atomic E-state index is 0.0724. The third kappa shape index (κ3) is 3.23. The molecule has 1 N–H and O–H groups in total. The quantitative estimate of drug-likeness (QED) is 0.477. The van der Waals surface area contributed by atoms with Crippen LogP contribution in [0.1, 0.15) is 10.4 Å². The fraction of sp³-hybridized carbons (Fsp3) is 0.160. The summed E-state index contributed by atoms with van der Waals surface area (Å²) in [7, 11) is 0. The Labute approximate surface area is 184 Å². The van der Waals surface area contributed by atoms with Gasteiger partial charge in [0, 0.05) is 42.7 Å². The van der Waals surface area contributed by atoms with Gasteiger partial charge < -0.3 is 14.6 Å². The lowest BCUT2D eigenvalue weighted by Gasteiger charge is -2.27. The predicted molar refractivity (Wildman–Crippen MR) is 122 cm³/mol. The molecule has 3 aromatic heterocycles. The molecule has 0 unspecified atom stereocenters. The zero-order valence-corrected chi connectivity index (χ0v) is 17.4. The van der Waals surface area contributed by atoms with E-state index in [4.69, 9.17) is 9.52 Å². The Morgan fingerprint density at radius 2 is 1.78 bits per heavy atom. The van der Waals surface area contributed by atoms with Gasteiger partial charge in [-0.1, -0.05) is 30.3 Å². The average Bonchev–Trinajstić information content (AvgIpc) is 3.47. The molecule has 7 nitrogen and oxygen atoms in total. The van der Waals surface area contributed by atoms with Crippen LogP contribution in [0, 0.1) is 0 Å². The maximum absolute atomic E-state index is 12.7. The van der Waals surface area contributed by atoms with Gasteiger partial charge in [-0.3, -0.25) is 4.79 Å². The zero-order valence-electron chi connectivity index (χ0n) is 17.4. The van der Waals surface area contributed by atoms with E-state index in [1.165, 1.54) is 0 Å². The maximum atomic E-state index is 12.7. The van der Waals surface area contributed by atoms with Crippen LogP contribution in [-0.4, -0.2) is 51.6 Å². The summed E-state index contributed by atoms with van der Waals surface area (Å²) in [6.45, 7) is 3.16. The number of carbonyl (C=O) groups excluding carboxylic acids is 1. The van der Waals surface area contributed by atoms with Crippen LogP contribution in [0.4, 0.5) is 0 Å². The van der Waals surface area contributed by atoms with E-state index in [0.29, 0.717) is 5.56 Å². The Bertz CT molecular complexity index is 1400. The fourth-order valence-corrected chi connectivity index (χ4v) is 4.14. The Hall–Kier alpha value is -3.97. The van der Waals surface area contributed by atoms with Crippen molar-refractivity contribution in [3.63, 3.8) is 0 Å². The van der Waals surface area contributed by atoms with Crippen molar-refractivity contribution in [1.29, 1.82) is 0 Å². The molecule has 4 heterocycles. The smallest absolute Gasteiger partial charge is 0.253 e. The summed E-state index contributed by atoms with van der Waals surface area (Å²) in [5.74, 6) is 0.795. The van der Waals surface area contributed by atoms with Gasteiger partial charge in [0.15, 0.2) is 11.4 Å². The second-order valence-electron chi connectivity index (χ2n) is 7.90. The van der Waals surface area contributed by atoms with E-state index in [2.05, 4.69) is 10.3 Å². The van der Waals surface area contributed by atoms with Crippen LogP contribution in [0.15, 0.2) is 77.3 Å². The van der Waals surface area contributed by atoms with E-state index >= 15 is 0 Å². The lowest BCUT2D eigenvalue weighted by molar-refractivity contribution is 0.0736. The van der Waals surface area contributed by atoms with Crippen LogP contribution in [0.25, 0.3) is 39.3 Å². The molecule has 0 aliphatic carbocycles. The number of hydrogen-bond acceptors (Lipinski definition) is 5. The Morgan fingerprint density at radius 1 is 0.969 bits per heavy atom. The number of furan rings is 1.